The van der Waals surface area contributed by atoms with Crippen LogP contribution in [0.2, 0.25) is 0 Å². The molecule has 2 aromatic rings. The Hall–Kier alpha value is -2.54. The summed E-state index contributed by atoms with van der Waals surface area (Å²) in [5, 5.41) is 18.6. The van der Waals surface area contributed by atoms with E-state index >= 15 is 0 Å². The number of pyridine rings is 1. The molecule has 0 atom stereocenters. The Kier molecular flexibility index (Phi) is 2.38. The summed E-state index contributed by atoms with van der Waals surface area (Å²) in [6, 6.07) is 9.41. The van der Waals surface area contributed by atoms with Crippen LogP contribution in [-0.2, 0) is 13.1 Å². The fraction of sp³-hybridized carbons (Fsp3) is 0.143. The zero-order valence-corrected chi connectivity index (χ0v) is 9.67. The van der Waals surface area contributed by atoms with E-state index in [1.165, 1.54) is 5.56 Å². The molecular formula is C14H11N3O. The number of rotatable bonds is 1. The Morgan fingerprint density at radius 2 is 2.06 bits per heavy atom. The van der Waals surface area contributed by atoms with E-state index in [0.717, 1.165) is 17.8 Å². The zero-order chi connectivity index (χ0) is 12.5. The highest BCUT2D eigenvalue weighted by atomic mass is 16.3. The van der Waals surface area contributed by atoms with Crippen LogP contribution in [0, 0.1) is 11.3 Å². The molecular weight excluding hydrogens is 226 g/mol. The van der Waals surface area contributed by atoms with Gasteiger partial charge in [0.05, 0.1) is 11.3 Å². The van der Waals surface area contributed by atoms with Crippen LogP contribution in [0.25, 0.3) is 0 Å². The smallest absolute Gasteiger partial charge is 0.115 e. The van der Waals surface area contributed by atoms with Crippen molar-refractivity contribution >= 4 is 5.69 Å². The van der Waals surface area contributed by atoms with Gasteiger partial charge in [-0.25, -0.2) is 0 Å². The number of fused-ring (bicyclic) bond motifs is 1. The number of phenolic OH excluding ortho intramolecular Hbond substituents is 1. The molecule has 1 aliphatic heterocycles. The predicted molar refractivity (Wildman–Crippen MR) is 66.9 cm³/mol. The molecule has 88 valence electrons. The van der Waals surface area contributed by atoms with E-state index in [4.69, 9.17) is 5.26 Å². The van der Waals surface area contributed by atoms with E-state index < -0.39 is 0 Å². The lowest BCUT2D eigenvalue weighted by Gasteiger charge is -2.18. The number of anilines is 1. The third-order valence-corrected chi connectivity index (χ3v) is 3.17. The van der Waals surface area contributed by atoms with Gasteiger partial charge in [0.1, 0.15) is 11.8 Å². The standard InChI is InChI=1S/C14H11N3O/c15-6-12-7-16-4-3-14(12)17-8-10-1-2-13(18)5-11(10)9-17/h1-5,7,18H,8-9H2. The Morgan fingerprint density at radius 3 is 2.89 bits per heavy atom. The molecule has 0 radical (unpaired) electrons. The maximum atomic E-state index is 9.47. The second-order valence-corrected chi connectivity index (χ2v) is 4.31. The summed E-state index contributed by atoms with van der Waals surface area (Å²) in [7, 11) is 0. The maximum Gasteiger partial charge on any atom is 0.115 e. The molecule has 4 nitrogen and oxygen atoms in total. The van der Waals surface area contributed by atoms with Crippen LogP contribution >= 0.6 is 0 Å². The Bertz CT molecular complexity index is 646. The number of hydrogen-bond acceptors (Lipinski definition) is 4. The molecule has 0 amide bonds. The van der Waals surface area contributed by atoms with Crippen molar-refractivity contribution in [2.75, 3.05) is 4.90 Å². The molecule has 18 heavy (non-hydrogen) atoms. The van der Waals surface area contributed by atoms with E-state index in [9.17, 15) is 5.11 Å². The minimum Gasteiger partial charge on any atom is -0.508 e. The SMILES string of the molecule is N#Cc1cnccc1N1Cc2ccc(O)cc2C1. The minimum absolute atomic E-state index is 0.283. The topological polar surface area (TPSA) is 60.2 Å². The van der Waals surface area contributed by atoms with Crippen LogP contribution in [0.4, 0.5) is 5.69 Å². The third kappa shape index (κ3) is 1.66. The lowest BCUT2D eigenvalue weighted by atomic mass is 10.1. The largest absolute Gasteiger partial charge is 0.508 e. The summed E-state index contributed by atoms with van der Waals surface area (Å²) < 4.78 is 0. The van der Waals surface area contributed by atoms with Gasteiger partial charge in [0.15, 0.2) is 0 Å². The molecule has 1 aliphatic rings. The van der Waals surface area contributed by atoms with Crippen molar-refractivity contribution in [3.8, 4) is 11.8 Å². The fourth-order valence-electron chi connectivity index (χ4n) is 2.30. The number of aromatic hydroxyl groups is 1. The summed E-state index contributed by atoms with van der Waals surface area (Å²) >= 11 is 0. The van der Waals surface area contributed by atoms with Gasteiger partial charge in [0.2, 0.25) is 0 Å². The second kappa shape index (κ2) is 4.04. The summed E-state index contributed by atoms with van der Waals surface area (Å²) in [5.74, 6) is 0.283. The average molecular weight is 237 g/mol. The molecule has 4 heteroatoms. The van der Waals surface area contributed by atoms with Gasteiger partial charge in [-0.1, -0.05) is 6.07 Å². The lowest BCUT2D eigenvalue weighted by Crippen LogP contribution is -2.15. The van der Waals surface area contributed by atoms with Crippen LogP contribution in [-0.4, -0.2) is 10.1 Å². The van der Waals surface area contributed by atoms with E-state index in [-0.39, 0.29) is 5.75 Å². The van der Waals surface area contributed by atoms with Gasteiger partial charge in [0.25, 0.3) is 0 Å². The van der Waals surface area contributed by atoms with Crippen molar-refractivity contribution < 1.29 is 5.11 Å². The van der Waals surface area contributed by atoms with Crippen LogP contribution in [0.1, 0.15) is 16.7 Å². The molecule has 0 fully saturated rings. The molecule has 1 aromatic heterocycles. The van der Waals surface area contributed by atoms with Gasteiger partial charge in [0, 0.05) is 25.5 Å². The first kappa shape index (κ1) is 10.6. The summed E-state index contributed by atoms with van der Waals surface area (Å²) in [4.78, 5) is 6.08. The Balaban J connectivity index is 1.97. The molecule has 0 spiro atoms. The third-order valence-electron chi connectivity index (χ3n) is 3.17. The molecule has 0 bridgehead atoms. The average Bonchev–Trinajstić information content (AvgIpc) is 2.81. The number of hydrogen-bond donors (Lipinski definition) is 1. The van der Waals surface area contributed by atoms with Crippen molar-refractivity contribution in [1.29, 1.82) is 5.26 Å². The van der Waals surface area contributed by atoms with E-state index in [0.29, 0.717) is 12.1 Å². The Morgan fingerprint density at radius 1 is 1.22 bits per heavy atom. The van der Waals surface area contributed by atoms with Gasteiger partial charge < -0.3 is 10.0 Å². The van der Waals surface area contributed by atoms with Crippen LogP contribution in [0.3, 0.4) is 0 Å². The quantitative estimate of drug-likeness (QED) is 0.825. The predicted octanol–water partition coefficient (Wildman–Crippen LogP) is 2.18. The molecule has 0 unspecified atom stereocenters. The van der Waals surface area contributed by atoms with Crippen molar-refractivity contribution in [3.63, 3.8) is 0 Å². The van der Waals surface area contributed by atoms with E-state index in [2.05, 4.69) is 16.0 Å². The number of aromatic nitrogens is 1. The molecule has 0 saturated heterocycles. The Labute approximate surface area is 105 Å². The van der Waals surface area contributed by atoms with Gasteiger partial charge in [-0.3, -0.25) is 4.98 Å². The molecule has 0 aliphatic carbocycles. The van der Waals surface area contributed by atoms with Gasteiger partial charge >= 0.3 is 0 Å². The number of nitriles is 1. The van der Waals surface area contributed by atoms with Crippen LogP contribution in [0.5, 0.6) is 5.75 Å². The first-order valence-corrected chi connectivity index (χ1v) is 5.68. The first-order chi connectivity index (χ1) is 8.78. The summed E-state index contributed by atoms with van der Waals surface area (Å²) in [5.41, 5.74) is 3.77. The van der Waals surface area contributed by atoms with Crippen molar-refractivity contribution in [2.45, 2.75) is 13.1 Å². The number of phenols is 1. The zero-order valence-electron chi connectivity index (χ0n) is 9.67. The highest BCUT2D eigenvalue weighted by molar-refractivity contribution is 5.60. The molecule has 0 saturated carbocycles. The number of nitrogens with zero attached hydrogens (tertiary/aromatic N) is 3. The van der Waals surface area contributed by atoms with Crippen LogP contribution < -0.4 is 4.90 Å². The van der Waals surface area contributed by atoms with Gasteiger partial charge in [-0.15, -0.1) is 0 Å². The van der Waals surface area contributed by atoms with E-state index in [1.54, 1.807) is 24.5 Å². The molecule has 3 rings (SSSR count). The van der Waals surface area contributed by atoms with Crippen molar-refractivity contribution in [3.05, 3.63) is 53.3 Å². The highest BCUT2D eigenvalue weighted by Gasteiger charge is 2.21. The van der Waals surface area contributed by atoms with Crippen molar-refractivity contribution in [1.82, 2.24) is 4.98 Å². The minimum atomic E-state index is 0.283. The van der Waals surface area contributed by atoms with E-state index in [1.807, 2.05) is 12.1 Å². The fourth-order valence-corrected chi connectivity index (χ4v) is 2.30. The molecule has 1 N–H and O–H groups in total. The van der Waals surface area contributed by atoms with Gasteiger partial charge in [-0.05, 0) is 29.3 Å². The molecule has 2 heterocycles. The molecule has 1 aromatic carbocycles. The first-order valence-electron chi connectivity index (χ1n) is 5.68. The monoisotopic (exact) mass is 237 g/mol. The van der Waals surface area contributed by atoms with Crippen LogP contribution in [0.15, 0.2) is 36.7 Å². The highest BCUT2D eigenvalue weighted by Crippen LogP contribution is 2.31. The number of benzene rings is 1. The maximum absolute atomic E-state index is 9.47. The summed E-state index contributed by atoms with van der Waals surface area (Å²) in [6.07, 6.45) is 3.27. The lowest BCUT2D eigenvalue weighted by molar-refractivity contribution is 0.474. The summed E-state index contributed by atoms with van der Waals surface area (Å²) in [6.45, 7) is 1.47. The second-order valence-electron chi connectivity index (χ2n) is 4.31. The van der Waals surface area contributed by atoms with Gasteiger partial charge in [-0.2, -0.15) is 5.26 Å². The van der Waals surface area contributed by atoms with Crippen molar-refractivity contribution in [2.24, 2.45) is 0 Å². The normalized spacial score (nSPS) is 13.2.